The maximum Gasteiger partial charge on any atom is 0.237 e. The number of hydrogen-bond donors (Lipinski definition) is 2. The van der Waals surface area contributed by atoms with Crippen LogP contribution in [0.5, 0.6) is 0 Å². The number of para-hydroxylation sites is 1. The average molecular weight is 457 g/mol. The van der Waals surface area contributed by atoms with Gasteiger partial charge in [0.2, 0.25) is 11.8 Å². The number of carbonyl (C=O) groups is 2. The number of rotatable bonds is 5. The van der Waals surface area contributed by atoms with Gasteiger partial charge in [0.1, 0.15) is 0 Å². The van der Waals surface area contributed by atoms with Gasteiger partial charge in [-0.25, -0.2) is 0 Å². The second kappa shape index (κ2) is 11.8. The molecular weight excluding hydrogens is 423 g/mol. The molecule has 0 aromatic heterocycles. The highest BCUT2D eigenvalue weighted by molar-refractivity contribution is 5.85. The van der Waals surface area contributed by atoms with Crippen molar-refractivity contribution in [1.29, 1.82) is 0 Å². The highest BCUT2D eigenvalue weighted by Crippen LogP contribution is 2.33. The van der Waals surface area contributed by atoms with Gasteiger partial charge in [0.05, 0.1) is 6.04 Å². The molecule has 2 amide bonds. The SMILES string of the molecule is Cl.Cl.O=C(NCCC(=O)N1CCN(c2ccccc2)CC1)C1CC2CCCCC2N1. The number of nitrogens with zero attached hydrogens (tertiary/aromatic N) is 2. The Balaban J connectivity index is 0.00000160. The third-order valence-electron chi connectivity index (χ3n) is 6.57. The van der Waals surface area contributed by atoms with Crippen LogP contribution < -0.4 is 15.5 Å². The summed E-state index contributed by atoms with van der Waals surface area (Å²) in [5.41, 5.74) is 1.21. The van der Waals surface area contributed by atoms with E-state index in [-0.39, 0.29) is 42.7 Å². The lowest BCUT2D eigenvalue weighted by atomic mass is 9.85. The van der Waals surface area contributed by atoms with Crippen LogP contribution in [0.4, 0.5) is 5.69 Å². The van der Waals surface area contributed by atoms with Crippen molar-refractivity contribution >= 4 is 42.3 Å². The van der Waals surface area contributed by atoms with Gasteiger partial charge >= 0.3 is 0 Å². The summed E-state index contributed by atoms with van der Waals surface area (Å²) in [5.74, 6) is 0.865. The predicted molar refractivity (Wildman–Crippen MR) is 125 cm³/mol. The molecule has 2 aliphatic heterocycles. The number of amides is 2. The molecule has 1 saturated carbocycles. The zero-order valence-electron chi connectivity index (χ0n) is 17.4. The Morgan fingerprint density at radius 3 is 2.40 bits per heavy atom. The van der Waals surface area contributed by atoms with Crippen molar-refractivity contribution in [3.05, 3.63) is 30.3 Å². The highest BCUT2D eigenvalue weighted by atomic mass is 35.5. The topological polar surface area (TPSA) is 64.7 Å². The van der Waals surface area contributed by atoms with Crippen LogP contribution in [0.25, 0.3) is 0 Å². The fourth-order valence-electron chi connectivity index (χ4n) is 4.95. The van der Waals surface area contributed by atoms with Gasteiger partial charge in [-0.3, -0.25) is 9.59 Å². The van der Waals surface area contributed by atoms with E-state index < -0.39 is 0 Å². The molecule has 3 atom stereocenters. The van der Waals surface area contributed by atoms with E-state index in [0.29, 0.717) is 24.9 Å². The molecule has 2 heterocycles. The van der Waals surface area contributed by atoms with E-state index >= 15 is 0 Å². The number of carbonyl (C=O) groups excluding carboxylic acids is 2. The number of fused-ring (bicyclic) bond motifs is 1. The summed E-state index contributed by atoms with van der Waals surface area (Å²) in [7, 11) is 0. The van der Waals surface area contributed by atoms with Gasteiger partial charge in [-0.1, -0.05) is 31.0 Å². The Morgan fingerprint density at radius 1 is 1.00 bits per heavy atom. The third kappa shape index (κ3) is 6.02. The molecule has 0 bridgehead atoms. The van der Waals surface area contributed by atoms with Gasteiger partial charge < -0.3 is 20.4 Å². The Labute approximate surface area is 192 Å². The molecule has 1 aliphatic carbocycles. The predicted octanol–water partition coefficient (Wildman–Crippen LogP) is 2.61. The van der Waals surface area contributed by atoms with Crippen LogP contribution >= 0.6 is 24.8 Å². The van der Waals surface area contributed by atoms with Crippen molar-refractivity contribution in [3.63, 3.8) is 0 Å². The molecule has 30 heavy (non-hydrogen) atoms. The fourth-order valence-corrected chi connectivity index (χ4v) is 4.95. The molecule has 3 aliphatic rings. The first kappa shape index (κ1) is 24.8. The number of piperazine rings is 1. The number of halogens is 2. The molecule has 0 spiro atoms. The molecule has 2 N–H and O–H groups in total. The van der Waals surface area contributed by atoms with Gasteiger partial charge in [0, 0.05) is 50.9 Å². The van der Waals surface area contributed by atoms with Gasteiger partial charge in [-0.2, -0.15) is 0 Å². The average Bonchev–Trinajstić information content (AvgIpc) is 3.19. The normalized spacial score (nSPS) is 25.5. The Hall–Kier alpha value is -1.50. The van der Waals surface area contributed by atoms with Crippen molar-refractivity contribution in [1.82, 2.24) is 15.5 Å². The molecule has 6 nitrogen and oxygen atoms in total. The molecule has 168 valence electrons. The van der Waals surface area contributed by atoms with Crippen LogP contribution in [0.3, 0.4) is 0 Å². The fraction of sp³-hybridized carbons (Fsp3) is 0.636. The second-order valence-electron chi connectivity index (χ2n) is 8.35. The van der Waals surface area contributed by atoms with Crippen LogP contribution in [0.2, 0.25) is 0 Å². The van der Waals surface area contributed by atoms with E-state index in [1.54, 1.807) is 0 Å². The summed E-state index contributed by atoms with van der Waals surface area (Å²) >= 11 is 0. The Bertz CT molecular complexity index is 669. The van der Waals surface area contributed by atoms with E-state index in [4.69, 9.17) is 0 Å². The standard InChI is InChI=1S/C22H32N4O2.2ClH/c27-21(26-14-12-25(13-15-26)18-7-2-1-3-8-18)10-11-23-22(28)20-16-17-6-4-5-9-19(17)24-20;;/h1-3,7-8,17,19-20,24H,4-6,9-16H2,(H,23,28);2*1H. The van der Waals surface area contributed by atoms with Crippen LogP contribution in [0.1, 0.15) is 38.5 Å². The minimum absolute atomic E-state index is 0. The highest BCUT2D eigenvalue weighted by Gasteiger charge is 2.38. The number of nitrogens with one attached hydrogen (secondary N) is 2. The lowest BCUT2D eigenvalue weighted by Crippen LogP contribution is -2.49. The smallest absolute Gasteiger partial charge is 0.237 e. The summed E-state index contributed by atoms with van der Waals surface area (Å²) in [6.07, 6.45) is 6.34. The second-order valence-corrected chi connectivity index (χ2v) is 8.35. The maximum atomic E-state index is 12.5. The first-order valence-corrected chi connectivity index (χ1v) is 10.8. The van der Waals surface area contributed by atoms with Crippen LogP contribution in [-0.2, 0) is 9.59 Å². The van der Waals surface area contributed by atoms with E-state index in [0.717, 1.165) is 32.6 Å². The monoisotopic (exact) mass is 456 g/mol. The summed E-state index contributed by atoms with van der Waals surface area (Å²) in [4.78, 5) is 29.2. The summed E-state index contributed by atoms with van der Waals surface area (Å²) in [6.45, 7) is 3.64. The molecule has 3 fully saturated rings. The van der Waals surface area contributed by atoms with E-state index in [1.807, 2.05) is 23.1 Å². The van der Waals surface area contributed by atoms with E-state index in [1.165, 1.54) is 31.4 Å². The Morgan fingerprint density at radius 2 is 1.70 bits per heavy atom. The van der Waals surface area contributed by atoms with Crippen molar-refractivity contribution in [2.75, 3.05) is 37.6 Å². The van der Waals surface area contributed by atoms with Crippen LogP contribution in [0.15, 0.2) is 30.3 Å². The Kier molecular flexibility index (Phi) is 9.72. The molecule has 4 rings (SSSR count). The summed E-state index contributed by atoms with van der Waals surface area (Å²) < 4.78 is 0. The van der Waals surface area contributed by atoms with Gasteiger partial charge in [-0.05, 0) is 37.3 Å². The molecular formula is C22H34Cl2N4O2. The van der Waals surface area contributed by atoms with Gasteiger partial charge in [0.15, 0.2) is 0 Å². The van der Waals surface area contributed by atoms with Gasteiger partial charge in [-0.15, -0.1) is 24.8 Å². The van der Waals surface area contributed by atoms with Crippen LogP contribution in [-0.4, -0.2) is 61.5 Å². The zero-order valence-corrected chi connectivity index (χ0v) is 19.1. The minimum Gasteiger partial charge on any atom is -0.368 e. The van der Waals surface area contributed by atoms with Crippen molar-refractivity contribution in [2.45, 2.75) is 50.6 Å². The first-order valence-electron chi connectivity index (χ1n) is 10.8. The minimum atomic E-state index is -0.0716. The van der Waals surface area contributed by atoms with Crippen molar-refractivity contribution < 1.29 is 9.59 Å². The first-order chi connectivity index (χ1) is 13.7. The van der Waals surface area contributed by atoms with Crippen molar-refractivity contribution in [3.8, 4) is 0 Å². The molecule has 1 aromatic carbocycles. The quantitative estimate of drug-likeness (QED) is 0.714. The molecule has 2 saturated heterocycles. The van der Waals surface area contributed by atoms with E-state index in [2.05, 4.69) is 27.7 Å². The van der Waals surface area contributed by atoms with E-state index in [9.17, 15) is 9.59 Å². The van der Waals surface area contributed by atoms with Crippen molar-refractivity contribution in [2.24, 2.45) is 5.92 Å². The summed E-state index contributed by atoms with van der Waals surface area (Å²) in [5, 5.41) is 6.48. The molecule has 3 unspecified atom stereocenters. The molecule has 0 radical (unpaired) electrons. The number of hydrogen-bond acceptors (Lipinski definition) is 4. The number of anilines is 1. The maximum absolute atomic E-state index is 12.5. The zero-order chi connectivity index (χ0) is 19.3. The van der Waals surface area contributed by atoms with Crippen LogP contribution in [0, 0.1) is 5.92 Å². The third-order valence-corrected chi connectivity index (χ3v) is 6.57. The molecule has 1 aromatic rings. The molecule has 8 heteroatoms. The lowest BCUT2D eigenvalue weighted by Gasteiger charge is -2.36. The summed E-state index contributed by atoms with van der Waals surface area (Å²) in [6, 6.07) is 10.8. The van der Waals surface area contributed by atoms with Gasteiger partial charge in [0.25, 0.3) is 0 Å². The number of benzene rings is 1. The largest absolute Gasteiger partial charge is 0.368 e. The lowest BCUT2D eigenvalue weighted by molar-refractivity contribution is -0.131.